The van der Waals surface area contributed by atoms with Crippen LogP contribution in [0.1, 0.15) is 12.0 Å². The minimum atomic E-state index is -0.666. The van der Waals surface area contributed by atoms with E-state index in [1.165, 1.54) is 18.2 Å². The fraction of sp³-hybridized carbons (Fsp3) is 0.400. The van der Waals surface area contributed by atoms with Crippen LogP contribution in [0, 0.1) is 10.1 Å². The van der Waals surface area contributed by atoms with Gasteiger partial charge in [0.25, 0.3) is 5.69 Å². The number of aliphatic hydroxyl groups excluding tert-OH is 1. The summed E-state index contributed by atoms with van der Waals surface area (Å²) in [5, 5.41) is 29.2. The summed E-state index contributed by atoms with van der Waals surface area (Å²) in [6.45, 7) is 0. The molecule has 0 saturated heterocycles. The Balaban J connectivity index is 2.78. The molecule has 0 aliphatic heterocycles. The molecule has 0 amide bonds. The molecule has 0 radical (unpaired) electrons. The number of alkyl halides is 1. The van der Waals surface area contributed by atoms with Crippen molar-refractivity contribution in [3.05, 3.63) is 33.9 Å². The van der Waals surface area contributed by atoms with Gasteiger partial charge in [0.2, 0.25) is 0 Å². The Bertz CT molecular complexity index is 383. The summed E-state index contributed by atoms with van der Waals surface area (Å²) in [5.74, 6) is 0.0998. The van der Waals surface area contributed by atoms with Crippen LogP contribution in [-0.4, -0.2) is 27.1 Å². The van der Waals surface area contributed by atoms with E-state index in [-0.39, 0.29) is 17.3 Å². The predicted octanol–water partition coefficient (Wildman–Crippen LogP) is 1.83. The lowest BCUT2D eigenvalue weighted by Crippen LogP contribution is -2.09. The minimum absolute atomic E-state index is 0.00706. The standard InChI is InChI=1S/C10H12ClNO4/c11-6-9(13)3-1-7-5-8(12(15)16)2-4-10(7)14/h2,4-5,9,13-14H,1,3,6H2/t9-/m0/s1. The summed E-state index contributed by atoms with van der Waals surface area (Å²) in [7, 11) is 0. The van der Waals surface area contributed by atoms with Gasteiger partial charge in [-0.05, 0) is 18.9 Å². The highest BCUT2D eigenvalue weighted by Crippen LogP contribution is 2.24. The monoisotopic (exact) mass is 245 g/mol. The summed E-state index contributed by atoms with van der Waals surface area (Å²) in [6.07, 6.45) is 0.0416. The summed E-state index contributed by atoms with van der Waals surface area (Å²) >= 11 is 5.42. The second kappa shape index (κ2) is 5.67. The molecule has 0 aliphatic rings. The molecule has 1 aromatic rings. The first-order valence-electron chi connectivity index (χ1n) is 4.75. The number of nitrogens with zero attached hydrogens (tertiary/aromatic N) is 1. The van der Waals surface area contributed by atoms with Crippen LogP contribution in [0.3, 0.4) is 0 Å². The lowest BCUT2D eigenvalue weighted by Gasteiger charge is -2.07. The lowest BCUT2D eigenvalue weighted by molar-refractivity contribution is -0.384. The molecule has 16 heavy (non-hydrogen) atoms. The van der Waals surface area contributed by atoms with Crippen molar-refractivity contribution in [3.8, 4) is 5.75 Å². The number of hydrogen-bond donors (Lipinski definition) is 2. The normalized spacial score (nSPS) is 12.4. The summed E-state index contributed by atoms with van der Waals surface area (Å²) in [5.41, 5.74) is 0.367. The fourth-order valence-electron chi connectivity index (χ4n) is 1.28. The molecule has 1 rings (SSSR count). The smallest absolute Gasteiger partial charge is 0.269 e. The number of nitro groups is 1. The Labute approximate surface area is 97.4 Å². The molecule has 1 atom stereocenters. The molecular weight excluding hydrogens is 234 g/mol. The van der Waals surface area contributed by atoms with Crippen molar-refractivity contribution in [2.24, 2.45) is 0 Å². The number of aromatic hydroxyl groups is 1. The number of rotatable bonds is 5. The maximum atomic E-state index is 10.5. The number of nitro benzene ring substituents is 1. The number of aliphatic hydroxyl groups is 1. The quantitative estimate of drug-likeness (QED) is 0.471. The number of hydrogen-bond acceptors (Lipinski definition) is 4. The molecular formula is C10H12ClNO4. The van der Waals surface area contributed by atoms with E-state index in [0.29, 0.717) is 18.4 Å². The first kappa shape index (κ1) is 12.7. The third kappa shape index (κ3) is 3.36. The van der Waals surface area contributed by atoms with Gasteiger partial charge in [-0.1, -0.05) is 0 Å². The largest absolute Gasteiger partial charge is 0.508 e. The Hall–Kier alpha value is -1.33. The third-order valence-corrected chi connectivity index (χ3v) is 2.56. The Morgan fingerprint density at radius 1 is 1.50 bits per heavy atom. The first-order chi connectivity index (χ1) is 7.54. The van der Waals surface area contributed by atoms with Gasteiger partial charge >= 0.3 is 0 Å². The topological polar surface area (TPSA) is 83.6 Å². The van der Waals surface area contributed by atoms with Crippen molar-refractivity contribution in [1.82, 2.24) is 0 Å². The fourth-order valence-corrected chi connectivity index (χ4v) is 1.44. The van der Waals surface area contributed by atoms with Gasteiger partial charge in [-0.25, -0.2) is 0 Å². The molecule has 0 fully saturated rings. The van der Waals surface area contributed by atoms with Crippen molar-refractivity contribution in [1.29, 1.82) is 0 Å². The SMILES string of the molecule is O=[N+]([O-])c1ccc(O)c(CC[C@H](O)CCl)c1. The van der Waals surface area contributed by atoms with Gasteiger partial charge < -0.3 is 10.2 Å². The van der Waals surface area contributed by atoms with E-state index >= 15 is 0 Å². The van der Waals surface area contributed by atoms with Gasteiger partial charge in [-0.15, -0.1) is 11.6 Å². The third-order valence-electron chi connectivity index (χ3n) is 2.20. The van der Waals surface area contributed by atoms with E-state index in [9.17, 15) is 20.3 Å². The molecule has 0 aliphatic carbocycles. The number of non-ortho nitro benzene ring substituents is 1. The van der Waals surface area contributed by atoms with E-state index in [0.717, 1.165) is 0 Å². The van der Waals surface area contributed by atoms with Crippen molar-refractivity contribution >= 4 is 17.3 Å². The highest BCUT2D eigenvalue weighted by atomic mass is 35.5. The highest BCUT2D eigenvalue weighted by molar-refractivity contribution is 6.18. The average molecular weight is 246 g/mol. The first-order valence-corrected chi connectivity index (χ1v) is 5.28. The van der Waals surface area contributed by atoms with Crippen LogP contribution in [0.4, 0.5) is 5.69 Å². The highest BCUT2D eigenvalue weighted by Gasteiger charge is 2.11. The zero-order valence-electron chi connectivity index (χ0n) is 8.47. The second-order valence-corrected chi connectivity index (χ2v) is 3.73. The molecule has 0 bridgehead atoms. The van der Waals surface area contributed by atoms with Crippen molar-refractivity contribution < 1.29 is 15.1 Å². The predicted molar refractivity (Wildman–Crippen MR) is 59.8 cm³/mol. The zero-order valence-corrected chi connectivity index (χ0v) is 9.22. The molecule has 0 aromatic heterocycles. The van der Waals surface area contributed by atoms with E-state index in [1.807, 2.05) is 0 Å². The van der Waals surface area contributed by atoms with Crippen LogP contribution in [0.5, 0.6) is 5.75 Å². The van der Waals surface area contributed by atoms with E-state index < -0.39 is 11.0 Å². The molecule has 0 unspecified atom stereocenters. The van der Waals surface area contributed by atoms with Crippen LogP contribution < -0.4 is 0 Å². The van der Waals surface area contributed by atoms with Crippen LogP contribution in [0.2, 0.25) is 0 Å². The number of phenolic OH excluding ortho intramolecular Hbond substituents is 1. The van der Waals surface area contributed by atoms with Gasteiger partial charge in [-0.3, -0.25) is 10.1 Å². The Morgan fingerprint density at radius 2 is 2.19 bits per heavy atom. The van der Waals surface area contributed by atoms with Gasteiger partial charge in [-0.2, -0.15) is 0 Å². The summed E-state index contributed by atoms with van der Waals surface area (Å²) < 4.78 is 0. The van der Waals surface area contributed by atoms with Gasteiger partial charge in [0, 0.05) is 23.6 Å². The average Bonchev–Trinajstić information content (AvgIpc) is 2.27. The van der Waals surface area contributed by atoms with Crippen LogP contribution in [-0.2, 0) is 6.42 Å². The van der Waals surface area contributed by atoms with Crippen LogP contribution in [0.25, 0.3) is 0 Å². The molecule has 0 heterocycles. The number of halogens is 1. The zero-order chi connectivity index (χ0) is 12.1. The molecule has 0 spiro atoms. The molecule has 5 nitrogen and oxygen atoms in total. The van der Waals surface area contributed by atoms with Gasteiger partial charge in [0.05, 0.1) is 11.0 Å². The maximum absolute atomic E-state index is 10.5. The summed E-state index contributed by atoms with van der Waals surface area (Å²) in [4.78, 5) is 9.99. The van der Waals surface area contributed by atoms with E-state index in [4.69, 9.17) is 11.6 Å². The van der Waals surface area contributed by atoms with Gasteiger partial charge in [0.15, 0.2) is 0 Å². The van der Waals surface area contributed by atoms with Gasteiger partial charge in [0.1, 0.15) is 5.75 Å². The maximum Gasteiger partial charge on any atom is 0.269 e. The van der Waals surface area contributed by atoms with Crippen LogP contribution in [0.15, 0.2) is 18.2 Å². The molecule has 88 valence electrons. The lowest BCUT2D eigenvalue weighted by atomic mass is 10.1. The van der Waals surface area contributed by atoms with Crippen LogP contribution >= 0.6 is 11.6 Å². The van der Waals surface area contributed by atoms with E-state index in [2.05, 4.69) is 0 Å². The molecule has 1 aromatic carbocycles. The number of phenols is 1. The Kier molecular flexibility index (Phi) is 4.52. The second-order valence-electron chi connectivity index (χ2n) is 3.42. The molecule has 6 heteroatoms. The number of benzene rings is 1. The van der Waals surface area contributed by atoms with E-state index in [1.54, 1.807) is 0 Å². The summed E-state index contributed by atoms with van der Waals surface area (Å²) in [6, 6.07) is 3.81. The van der Waals surface area contributed by atoms with Crippen molar-refractivity contribution in [2.45, 2.75) is 18.9 Å². The van der Waals surface area contributed by atoms with Crippen molar-refractivity contribution in [2.75, 3.05) is 5.88 Å². The Morgan fingerprint density at radius 3 is 2.75 bits per heavy atom. The van der Waals surface area contributed by atoms with Crippen molar-refractivity contribution in [3.63, 3.8) is 0 Å². The minimum Gasteiger partial charge on any atom is -0.508 e. The number of aryl methyl sites for hydroxylation is 1. The molecule has 2 N–H and O–H groups in total. The molecule has 0 saturated carbocycles.